The molecule has 0 atom stereocenters. The van der Waals surface area contributed by atoms with Crippen LogP contribution in [0.5, 0.6) is 0 Å². The molecule has 0 N–H and O–H groups in total. The zero-order valence-electron chi connectivity index (χ0n) is 10.3. The summed E-state index contributed by atoms with van der Waals surface area (Å²) in [6.07, 6.45) is 4.53. The summed E-state index contributed by atoms with van der Waals surface area (Å²) in [5.41, 5.74) is 5.38. The maximum atomic E-state index is 4.65. The van der Waals surface area contributed by atoms with Gasteiger partial charge in [0.2, 0.25) is 0 Å². The van der Waals surface area contributed by atoms with E-state index in [-0.39, 0.29) is 0 Å². The fraction of sp³-hybridized carbons (Fsp3) is 0.312. The second-order valence-corrected chi connectivity index (χ2v) is 5.22. The van der Waals surface area contributed by atoms with E-state index in [0.717, 1.165) is 0 Å². The van der Waals surface area contributed by atoms with Crippen LogP contribution in [0.15, 0.2) is 42.6 Å². The molecule has 18 heavy (non-hydrogen) atoms. The molecule has 3 aliphatic rings. The Morgan fingerprint density at radius 1 is 1.00 bits per heavy atom. The summed E-state index contributed by atoms with van der Waals surface area (Å²) in [5, 5.41) is 0. The number of nitrogens with zero attached hydrogens (tertiary/aromatic N) is 2. The smallest absolute Gasteiger partial charge is 0.0675 e. The number of fused-ring (bicyclic) bond motifs is 2. The highest BCUT2D eigenvalue weighted by Crippen LogP contribution is 2.45. The van der Waals surface area contributed by atoms with Gasteiger partial charge in [0.05, 0.1) is 11.4 Å². The first-order valence-electron chi connectivity index (χ1n) is 6.73. The van der Waals surface area contributed by atoms with Crippen molar-refractivity contribution in [2.75, 3.05) is 18.0 Å². The van der Waals surface area contributed by atoms with Crippen LogP contribution in [0, 0.1) is 0 Å². The van der Waals surface area contributed by atoms with Crippen molar-refractivity contribution in [1.82, 2.24) is 4.98 Å². The SMILES string of the molecule is c1ccc(-c2ccnc3c2N2CCC3CC2)cc1. The molecule has 1 aromatic heterocycles. The number of pyridine rings is 1. The van der Waals surface area contributed by atoms with Crippen LogP contribution in [0.3, 0.4) is 0 Å². The van der Waals surface area contributed by atoms with Gasteiger partial charge in [-0.2, -0.15) is 0 Å². The van der Waals surface area contributed by atoms with Crippen LogP contribution in [0.25, 0.3) is 11.1 Å². The van der Waals surface area contributed by atoms with Gasteiger partial charge in [-0.3, -0.25) is 4.98 Å². The van der Waals surface area contributed by atoms with Crippen LogP contribution in [0.1, 0.15) is 24.5 Å². The molecule has 3 aliphatic heterocycles. The maximum absolute atomic E-state index is 4.65. The summed E-state index contributed by atoms with van der Waals surface area (Å²) >= 11 is 0. The predicted molar refractivity (Wildman–Crippen MR) is 73.9 cm³/mol. The van der Waals surface area contributed by atoms with Crippen molar-refractivity contribution >= 4 is 5.69 Å². The largest absolute Gasteiger partial charge is 0.370 e. The molecule has 5 rings (SSSR count). The topological polar surface area (TPSA) is 16.1 Å². The Kier molecular flexibility index (Phi) is 2.16. The standard InChI is InChI=1S/C16H16N2/c1-2-4-12(5-3-1)14-6-9-17-15-13-7-10-18(11-8-13)16(14)15/h1-6,9,13H,7-8,10-11H2. The molecule has 1 aromatic carbocycles. The Balaban J connectivity index is 1.94. The highest BCUT2D eigenvalue weighted by atomic mass is 15.2. The first-order valence-corrected chi connectivity index (χ1v) is 6.73. The molecule has 0 aliphatic carbocycles. The number of hydrogen-bond acceptors (Lipinski definition) is 2. The van der Waals surface area contributed by atoms with Crippen molar-refractivity contribution in [3.05, 3.63) is 48.3 Å². The number of piperidine rings is 1. The van der Waals surface area contributed by atoms with Crippen LogP contribution >= 0.6 is 0 Å². The molecule has 4 heterocycles. The number of rotatable bonds is 1. The van der Waals surface area contributed by atoms with E-state index < -0.39 is 0 Å². The van der Waals surface area contributed by atoms with Crippen LogP contribution in [-0.2, 0) is 0 Å². The third-order valence-corrected chi connectivity index (χ3v) is 4.24. The van der Waals surface area contributed by atoms with E-state index in [1.165, 1.54) is 48.4 Å². The zero-order valence-corrected chi connectivity index (χ0v) is 10.3. The Morgan fingerprint density at radius 2 is 1.78 bits per heavy atom. The first kappa shape index (κ1) is 10.1. The molecular weight excluding hydrogens is 220 g/mol. The second kappa shape index (κ2) is 3.84. The number of aromatic nitrogens is 1. The molecular formula is C16H16N2. The Hall–Kier alpha value is -1.83. The Bertz CT molecular complexity index is 569. The lowest BCUT2D eigenvalue weighted by atomic mass is 9.84. The van der Waals surface area contributed by atoms with Crippen LogP contribution in [0.2, 0.25) is 0 Å². The quantitative estimate of drug-likeness (QED) is 0.754. The predicted octanol–water partition coefficient (Wildman–Crippen LogP) is 3.45. The van der Waals surface area contributed by atoms with Gasteiger partial charge in [0, 0.05) is 30.8 Å². The van der Waals surface area contributed by atoms with Crippen molar-refractivity contribution in [3.63, 3.8) is 0 Å². The van der Waals surface area contributed by atoms with Crippen molar-refractivity contribution < 1.29 is 0 Å². The van der Waals surface area contributed by atoms with Gasteiger partial charge in [-0.1, -0.05) is 30.3 Å². The van der Waals surface area contributed by atoms with Crippen LogP contribution < -0.4 is 4.90 Å². The van der Waals surface area contributed by atoms with Gasteiger partial charge in [0.25, 0.3) is 0 Å². The molecule has 0 radical (unpaired) electrons. The first-order chi connectivity index (χ1) is 8.93. The van der Waals surface area contributed by atoms with Crippen molar-refractivity contribution in [1.29, 1.82) is 0 Å². The van der Waals surface area contributed by atoms with Gasteiger partial charge in [0.15, 0.2) is 0 Å². The zero-order chi connectivity index (χ0) is 11.9. The summed E-state index contributed by atoms with van der Waals surface area (Å²) in [6.45, 7) is 2.40. The molecule has 2 heteroatoms. The Morgan fingerprint density at radius 3 is 2.56 bits per heavy atom. The lowest BCUT2D eigenvalue weighted by Gasteiger charge is -2.42. The Labute approximate surface area is 107 Å². The molecule has 2 aromatic rings. The van der Waals surface area contributed by atoms with Crippen LogP contribution in [0.4, 0.5) is 5.69 Å². The highest BCUT2D eigenvalue weighted by Gasteiger charge is 2.33. The van der Waals surface area contributed by atoms with E-state index in [1.54, 1.807) is 0 Å². The molecule has 1 fully saturated rings. The fourth-order valence-electron chi connectivity index (χ4n) is 3.33. The number of hydrogen-bond donors (Lipinski definition) is 0. The third kappa shape index (κ3) is 1.38. The molecule has 2 bridgehead atoms. The molecule has 2 nitrogen and oxygen atoms in total. The number of anilines is 1. The molecule has 90 valence electrons. The van der Waals surface area contributed by atoms with Crippen molar-refractivity contribution in [3.8, 4) is 11.1 Å². The summed E-state index contributed by atoms with van der Waals surface area (Å²) < 4.78 is 0. The second-order valence-electron chi connectivity index (χ2n) is 5.22. The van der Waals surface area contributed by atoms with Gasteiger partial charge in [-0.15, -0.1) is 0 Å². The van der Waals surface area contributed by atoms with Gasteiger partial charge < -0.3 is 4.90 Å². The minimum atomic E-state index is 0.689. The van der Waals surface area contributed by atoms with E-state index in [2.05, 4.69) is 46.3 Å². The molecule has 0 unspecified atom stereocenters. The van der Waals surface area contributed by atoms with Crippen LogP contribution in [-0.4, -0.2) is 18.1 Å². The van der Waals surface area contributed by atoms with Crippen molar-refractivity contribution in [2.24, 2.45) is 0 Å². The van der Waals surface area contributed by atoms with E-state index in [0.29, 0.717) is 5.92 Å². The maximum Gasteiger partial charge on any atom is 0.0675 e. The van der Waals surface area contributed by atoms with E-state index in [9.17, 15) is 0 Å². The van der Waals surface area contributed by atoms with Gasteiger partial charge >= 0.3 is 0 Å². The van der Waals surface area contributed by atoms with E-state index in [4.69, 9.17) is 0 Å². The minimum Gasteiger partial charge on any atom is -0.370 e. The number of benzene rings is 1. The normalized spacial score (nSPS) is 17.9. The summed E-state index contributed by atoms with van der Waals surface area (Å²) in [7, 11) is 0. The van der Waals surface area contributed by atoms with E-state index >= 15 is 0 Å². The van der Waals surface area contributed by atoms with Gasteiger partial charge in [0.1, 0.15) is 0 Å². The molecule has 1 saturated heterocycles. The lowest BCUT2D eigenvalue weighted by Crippen LogP contribution is -2.39. The lowest BCUT2D eigenvalue weighted by molar-refractivity contribution is 0.464. The summed E-state index contributed by atoms with van der Waals surface area (Å²) in [4.78, 5) is 7.16. The monoisotopic (exact) mass is 236 g/mol. The third-order valence-electron chi connectivity index (χ3n) is 4.24. The minimum absolute atomic E-state index is 0.689. The average Bonchev–Trinajstić information content (AvgIpc) is 2.49. The van der Waals surface area contributed by atoms with Crippen molar-refractivity contribution in [2.45, 2.75) is 18.8 Å². The van der Waals surface area contributed by atoms with Gasteiger partial charge in [-0.05, 0) is 24.5 Å². The summed E-state index contributed by atoms with van der Waals surface area (Å²) in [6, 6.07) is 12.8. The average molecular weight is 236 g/mol. The fourth-order valence-corrected chi connectivity index (χ4v) is 3.33. The highest BCUT2D eigenvalue weighted by molar-refractivity contribution is 5.81. The van der Waals surface area contributed by atoms with Gasteiger partial charge in [-0.25, -0.2) is 0 Å². The summed E-state index contributed by atoms with van der Waals surface area (Å²) in [5.74, 6) is 0.689. The molecule has 0 spiro atoms. The molecule has 0 amide bonds. The van der Waals surface area contributed by atoms with E-state index in [1.807, 2.05) is 6.20 Å². The molecule has 0 saturated carbocycles.